The molecule has 0 aliphatic rings. The molecule has 3 aromatic carbocycles. The van der Waals surface area contributed by atoms with Crippen molar-refractivity contribution >= 4 is 22.8 Å². The Hall–Kier alpha value is -4.46. The third kappa shape index (κ3) is 5.12. The SMILES string of the molecule is Cc1cccc(COc2ccccc2C(=O)OCc2nc3ccccc3c(=O)n2CC(N)=O)c1. The fourth-order valence-corrected chi connectivity index (χ4v) is 3.58. The number of aryl methyl sites for hydroxylation is 1. The van der Waals surface area contributed by atoms with Crippen molar-refractivity contribution in [3.05, 3.63) is 106 Å². The maximum Gasteiger partial charge on any atom is 0.342 e. The predicted molar refractivity (Wildman–Crippen MR) is 126 cm³/mol. The van der Waals surface area contributed by atoms with Crippen LogP contribution < -0.4 is 16.0 Å². The van der Waals surface area contributed by atoms with Crippen molar-refractivity contribution in [2.75, 3.05) is 0 Å². The monoisotopic (exact) mass is 457 g/mol. The van der Waals surface area contributed by atoms with E-state index in [0.717, 1.165) is 15.7 Å². The van der Waals surface area contributed by atoms with Gasteiger partial charge in [0.05, 0.1) is 10.9 Å². The number of esters is 1. The fraction of sp³-hybridized carbons (Fsp3) is 0.154. The Morgan fingerprint density at radius 1 is 0.971 bits per heavy atom. The van der Waals surface area contributed by atoms with Gasteiger partial charge < -0.3 is 15.2 Å². The maximum atomic E-state index is 12.9. The van der Waals surface area contributed by atoms with E-state index in [2.05, 4.69) is 4.98 Å². The molecule has 0 bridgehead atoms. The first-order chi connectivity index (χ1) is 16.4. The number of aromatic nitrogens is 2. The molecule has 1 heterocycles. The molecule has 34 heavy (non-hydrogen) atoms. The van der Waals surface area contributed by atoms with E-state index in [0.29, 0.717) is 16.7 Å². The van der Waals surface area contributed by atoms with E-state index in [1.54, 1.807) is 48.5 Å². The van der Waals surface area contributed by atoms with Gasteiger partial charge in [0.1, 0.15) is 31.1 Å². The maximum absolute atomic E-state index is 12.9. The number of hydrogen-bond donors (Lipinski definition) is 1. The Morgan fingerprint density at radius 3 is 2.53 bits per heavy atom. The summed E-state index contributed by atoms with van der Waals surface area (Å²) in [7, 11) is 0. The van der Waals surface area contributed by atoms with Crippen LogP contribution in [0.4, 0.5) is 0 Å². The number of nitrogens with two attached hydrogens (primary N) is 1. The van der Waals surface area contributed by atoms with E-state index in [-0.39, 0.29) is 31.1 Å². The zero-order valence-electron chi connectivity index (χ0n) is 18.6. The molecule has 0 atom stereocenters. The number of amides is 1. The van der Waals surface area contributed by atoms with Gasteiger partial charge in [0.25, 0.3) is 5.56 Å². The summed E-state index contributed by atoms with van der Waals surface area (Å²) in [6.45, 7) is 1.59. The second kappa shape index (κ2) is 9.99. The summed E-state index contributed by atoms with van der Waals surface area (Å²) in [6, 6.07) is 21.3. The first-order valence-electron chi connectivity index (χ1n) is 10.6. The number of primary amides is 1. The third-order valence-electron chi connectivity index (χ3n) is 5.17. The fourth-order valence-electron chi connectivity index (χ4n) is 3.58. The summed E-state index contributed by atoms with van der Waals surface area (Å²) in [4.78, 5) is 41.7. The van der Waals surface area contributed by atoms with Crippen molar-refractivity contribution in [2.24, 2.45) is 5.73 Å². The van der Waals surface area contributed by atoms with Crippen LogP contribution in [0.5, 0.6) is 5.75 Å². The highest BCUT2D eigenvalue weighted by Gasteiger charge is 2.18. The number of fused-ring (bicyclic) bond motifs is 1. The highest BCUT2D eigenvalue weighted by molar-refractivity contribution is 5.92. The lowest BCUT2D eigenvalue weighted by molar-refractivity contribution is -0.118. The average molecular weight is 457 g/mol. The molecule has 4 aromatic rings. The molecule has 0 radical (unpaired) electrons. The third-order valence-corrected chi connectivity index (χ3v) is 5.17. The van der Waals surface area contributed by atoms with Crippen molar-refractivity contribution in [2.45, 2.75) is 26.7 Å². The van der Waals surface area contributed by atoms with Gasteiger partial charge in [0.15, 0.2) is 5.82 Å². The molecule has 8 heteroatoms. The minimum absolute atomic E-state index is 0.119. The Kier molecular flexibility index (Phi) is 6.68. The summed E-state index contributed by atoms with van der Waals surface area (Å²) < 4.78 is 12.5. The molecular weight excluding hydrogens is 434 g/mol. The molecule has 0 fully saturated rings. The van der Waals surface area contributed by atoms with Crippen LogP contribution in [0.1, 0.15) is 27.3 Å². The molecule has 0 saturated carbocycles. The Bertz CT molecular complexity index is 1430. The largest absolute Gasteiger partial charge is 0.488 e. The van der Waals surface area contributed by atoms with Crippen LogP contribution in [0.2, 0.25) is 0 Å². The topological polar surface area (TPSA) is 114 Å². The lowest BCUT2D eigenvalue weighted by Gasteiger charge is -2.14. The summed E-state index contributed by atoms with van der Waals surface area (Å²) in [5.74, 6) is -0.862. The van der Waals surface area contributed by atoms with Gasteiger partial charge in [0, 0.05) is 0 Å². The second-order valence-corrected chi connectivity index (χ2v) is 7.75. The number of carbonyl (C=O) groups is 2. The summed E-state index contributed by atoms with van der Waals surface area (Å²) in [5.41, 5.74) is 7.63. The Morgan fingerprint density at radius 2 is 1.74 bits per heavy atom. The highest BCUT2D eigenvalue weighted by atomic mass is 16.5. The van der Waals surface area contributed by atoms with Gasteiger partial charge in [-0.2, -0.15) is 0 Å². The number of benzene rings is 3. The molecule has 1 amide bonds. The van der Waals surface area contributed by atoms with Crippen LogP contribution in [0.25, 0.3) is 10.9 Å². The van der Waals surface area contributed by atoms with Crippen LogP contribution in [0, 0.1) is 6.92 Å². The molecule has 8 nitrogen and oxygen atoms in total. The van der Waals surface area contributed by atoms with Gasteiger partial charge in [-0.15, -0.1) is 0 Å². The normalized spacial score (nSPS) is 10.7. The van der Waals surface area contributed by atoms with E-state index < -0.39 is 17.4 Å². The number of carbonyl (C=O) groups excluding carboxylic acids is 2. The standard InChI is InChI=1S/C26H23N3O5/c1-17-7-6-8-18(13-17)15-33-22-12-5-3-10-20(22)26(32)34-16-24-28-21-11-4-2-9-19(21)25(31)29(24)14-23(27)30/h2-13H,14-16H2,1H3,(H2,27,30). The number of nitrogens with zero attached hydrogens (tertiary/aromatic N) is 2. The van der Waals surface area contributed by atoms with E-state index in [9.17, 15) is 14.4 Å². The van der Waals surface area contributed by atoms with Gasteiger partial charge in [-0.1, -0.05) is 54.1 Å². The molecule has 4 rings (SSSR count). The zero-order chi connectivity index (χ0) is 24.1. The number of rotatable bonds is 8. The molecule has 0 aliphatic heterocycles. The lowest BCUT2D eigenvalue weighted by Crippen LogP contribution is -2.32. The Balaban J connectivity index is 1.55. The van der Waals surface area contributed by atoms with Crippen LogP contribution in [0.15, 0.2) is 77.6 Å². The lowest BCUT2D eigenvalue weighted by atomic mass is 10.1. The van der Waals surface area contributed by atoms with Crippen LogP contribution in [-0.4, -0.2) is 21.4 Å². The van der Waals surface area contributed by atoms with Crippen LogP contribution in [-0.2, 0) is 29.3 Å². The van der Waals surface area contributed by atoms with Crippen molar-refractivity contribution in [1.82, 2.24) is 9.55 Å². The van der Waals surface area contributed by atoms with Crippen molar-refractivity contribution < 1.29 is 19.1 Å². The van der Waals surface area contributed by atoms with Crippen LogP contribution >= 0.6 is 0 Å². The number of hydrogen-bond acceptors (Lipinski definition) is 6. The smallest absolute Gasteiger partial charge is 0.342 e. The summed E-state index contributed by atoms with van der Waals surface area (Å²) in [5, 5.41) is 0.341. The quantitative estimate of drug-likeness (QED) is 0.407. The predicted octanol–water partition coefficient (Wildman–Crippen LogP) is 3.13. The molecule has 2 N–H and O–H groups in total. The average Bonchev–Trinajstić information content (AvgIpc) is 2.83. The van der Waals surface area contributed by atoms with Crippen molar-refractivity contribution in [1.29, 1.82) is 0 Å². The highest BCUT2D eigenvalue weighted by Crippen LogP contribution is 2.21. The van der Waals surface area contributed by atoms with Gasteiger partial charge in [-0.05, 0) is 36.8 Å². The molecular formula is C26H23N3O5. The molecule has 172 valence electrons. The van der Waals surface area contributed by atoms with Crippen molar-refractivity contribution in [3.8, 4) is 5.75 Å². The Labute approximate surface area is 195 Å². The number of para-hydroxylation sites is 2. The van der Waals surface area contributed by atoms with Crippen LogP contribution in [0.3, 0.4) is 0 Å². The van der Waals surface area contributed by atoms with Crippen molar-refractivity contribution in [3.63, 3.8) is 0 Å². The van der Waals surface area contributed by atoms with E-state index in [4.69, 9.17) is 15.2 Å². The van der Waals surface area contributed by atoms with E-state index in [1.807, 2.05) is 31.2 Å². The number of ether oxygens (including phenoxy) is 2. The molecule has 0 unspecified atom stereocenters. The summed E-state index contributed by atoms with van der Waals surface area (Å²) in [6.07, 6.45) is 0. The van der Waals surface area contributed by atoms with Gasteiger partial charge >= 0.3 is 5.97 Å². The van der Waals surface area contributed by atoms with Gasteiger partial charge in [-0.3, -0.25) is 14.2 Å². The first kappa shape index (κ1) is 22.7. The first-order valence-corrected chi connectivity index (χ1v) is 10.6. The van der Waals surface area contributed by atoms with Gasteiger partial charge in [-0.25, -0.2) is 9.78 Å². The minimum atomic E-state index is -0.707. The zero-order valence-corrected chi connectivity index (χ0v) is 18.6. The molecule has 0 aliphatic carbocycles. The minimum Gasteiger partial charge on any atom is -0.488 e. The summed E-state index contributed by atoms with van der Waals surface area (Å²) >= 11 is 0. The molecule has 1 aromatic heterocycles. The molecule has 0 spiro atoms. The van der Waals surface area contributed by atoms with E-state index in [1.165, 1.54) is 0 Å². The second-order valence-electron chi connectivity index (χ2n) is 7.75. The molecule has 0 saturated heterocycles. The van der Waals surface area contributed by atoms with E-state index >= 15 is 0 Å². The van der Waals surface area contributed by atoms with Gasteiger partial charge in [0.2, 0.25) is 5.91 Å².